The number of carboxylic acid groups (broad SMARTS) is 1. The third-order valence-corrected chi connectivity index (χ3v) is 8.76. The molecule has 1 aromatic heterocycles. The normalized spacial score (nSPS) is 12.8. The molecule has 0 saturated heterocycles. The maximum atomic E-state index is 13.1. The van der Waals surface area contributed by atoms with E-state index in [2.05, 4.69) is 46.3 Å². The molecule has 47 heavy (non-hydrogen) atoms. The smallest absolute Gasteiger partial charge is 0.335 e. The van der Waals surface area contributed by atoms with Crippen LogP contribution in [0, 0.1) is 0 Å². The average Bonchev–Trinajstić information content (AvgIpc) is 3.71. The first-order valence-corrected chi connectivity index (χ1v) is 15.6. The SMILES string of the molecule is COC(=O)C1=C(c2c(CNCC(=O)c3ccc(OC)cc3)n(Cc3ccc(-c4ccccc4)cc3)c3cc(C(=O)O)ccc23)CCC1. The van der Waals surface area contributed by atoms with E-state index in [1.165, 1.54) is 7.11 Å². The van der Waals surface area contributed by atoms with Gasteiger partial charge in [-0.2, -0.15) is 0 Å². The number of carboxylic acids is 1. The Morgan fingerprint density at radius 3 is 2.21 bits per heavy atom. The molecule has 1 heterocycles. The molecule has 4 aromatic carbocycles. The highest BCUT2D eigenvalue weighted by Crippen LogP contribution is 2.42. The number of aromatic carboxylic acids is 1. The van der Waals surface area contributed by atoms with Crippen LogP contribution in [0.25, 0.3) is 27.6 Å². The summed E-state index contributed by atoms with van der Waals surface area (Å²) in [6.07, 6.45) is 2.10. The van der Waals surface area contributed by atoms with Gasteiger partial charge in [-0.25, -0.2) is 9.59 Å². The number of nitrogens with zero attached hydrogens (tertiary/aromatic N) is 1. The first-order valence-electron chi connectivity index (χ1n) is 15.6. The molecule has 2 N–H and O–H groups in total. The molecule has 0 saturated carbocycles. The molecule has 0 spiro atoms. The van der Waals surface area contributed by atoms with Crippen LogP contribution in [-0.2, 0) is 22.6 Å². The Labute approximate surface area is 273 Å². The number of esters is 1. The Kier molecular flexibility index (Phi) is 9.31. The maximum Gasteiger partial charge on any atom is 0.335 e. The summed E-state index contributed by atoms with van der Waals surface area (Å²) in [4.78, 5) is 38.1. The molecule has 8 heteroatoms. The van der Waals surface area contributed by atoms with E-state index in [0.29, 0.717) is 42.8 Å². The Morgan fingerprint density at radius 1 is 0.830 bits per heavy atom. The number of aromatic nitrogens is 1. The summed E-state index contributed by atoms with van der Waals surface area (Å²) >= 11 is 0. The molecular weight excluding hydrogens is 592 g/mol. The molecule has 0 bridgehead atoms. The van der Waals surface area contributed by atoms with Gasteiger partial charge in [-0.3, -0.25) is 4.79 Å². The molecular formula is C39H36N2O6. The Morgan fingerprint density at radius 2 is 1.53 bits per heavy atom. The summed E-state index contributed by atoms with van der Waals surface area (Å²) in [5.74, 6) is -0.775. The predicted octanol–water partition coefficient (Wildman–Crippen LogP) is 7.15. The van der Waals surface area contributed by atoms with Gasteiger partial charge >= 0.3 is 11.9 Å². The summed E-state index contributed by atoms with van der Waals surface area (Å²) in [5, 5.41) is 14.1. The summed E-state index contributed by atoms with van der Waals surface area (Å²) in [6.45, 7) is 0.857. The first kappa shape index (κ1) is 31.5. The van der Waals surface area contributed by atoms with Crippen LogP contribution in [0.3, 0.4) is 0 Å². The molecule has 0 fully saturated rings. The maximum absolute atomic E-state index is 13.1. The Bertz CT molecular complexity index is 1970. The lowest BCUT2D eigenvalue weighted by Crippen LogP contribution is -2.24. The number of Topliss-reactive ketones (excluding diaryl/α,β-unsaturated/α-hetero) is 1. The first-order chi connectivity index (χ1) is 22.9. The van der Waals surface area contributed by atoms with Crippen molar-refractivity contribution in [3.05, 3.63) is 131 Å². The van der Waals surface area contributed by atoms with E-state index in [9.17, 15) is 19.5 Å². The van der Waals surface area contributed by atoms with Crippen LogP contribution in [0.2, 0.25) is 0 Å². The van der Waals surface area contributed by atoms with Crippen molar-refractivity contribution in [2.24, 2.45) is 0 Å². The van der Waals surface area contributed by atoms with Gasteiger partial charge in [0.25, 0.3) is 0 Å². The second kappa shape index (κ2) is 13.9. The number of allylic oxidation sites excluding steroid dienone is 1. The molecule has 6 rings (SSSR count). The summed E-state index contributed by atoms with van der Waals surface area (Å²) < 4.78 is 12.5. The van der Waals surface area contributed by atoms with E-state index in [4.69, 9.17) is 9.47 Å². The van der Waals surface area contributed by atoms with Crippen LogP contribution in [-0.4, -0.2) is 48.2 Å². The van der Waals surface area contributed by atoms with Gasteiger partial charge in [-0.1, -0.05) is 60.7 Å². The minimum atomic E-state index is -1.02. The molecule has 0 radical (unpaired) electrons. The minimum Gasteiger partial charge on any atom is -0.497 e. The number of ether oxygens (including phenoxy) is 2. The van der Waals surface area contributed by atoms with Crippen LogP contribution in [0.1, 0.15) is 56.8 Å². The average molecular weight is 629 g/mol. The van der Waals surface area contributed by atoms with Gasteiger partial charge in [-0.05, 0) is 77.9 Å². The number of carbonyl (C=O) groups is 3. The Balaban J connectivity index is 1.43. The standard InChI is InChI=1S/C39H36N2O6/c1-46-30-18-15-28(16-19-30)36(42)23-40-22-35-37(31-9-6-10-32(31)39(45)47-2)33-20-17-29(38(43)44)21-34(33)41(35)24-25-11-13-27(14-12-25)26-7-4-3-5-8-26/h3-5,7-8,11-21,40H,6,9-10,22-24H2,1-2H3,(H,43,44). The van der Waals surface area contributed by atoms with Crippen molar-refractivity contribution in [3.8, 4) is 16.9 Å². The number of hydrogen-bond donors (Lipinski definition) is 2. The fourth-order valence-electron chi connectivity index (χ4n) is 6.39. The third-order valence-electron chi connectivity index (χ3n) is 8.76. The number of hydrogen-bond acceptors (Lipinski definition) is 6. The van der Waals surface area contributed by atoms with Crippen LogP contribution < -0.4 is 10.1 Å². The van der Waals surface area contributed by atoms with Crippen molar-refractivity contribution >= 4 is 34.2 Å². The van der Waals surface area contributed by atoms with E-state index in [1.807, 2.05) is 24.3 Å². The van der Waals surface area contributed by atoms with Crippen LogP contribution in [0.5, 0.6) is 5.75 Å². The zero-order chi connectivity index (χ0) is 32.9. The molecule has 1 aliphatic carbocycles. The van der Waals surface area contributed by atoms with Gasteiger partial charge in [-0.15, -0.1) is 0 Å². The lowest BCUT2D eigenvalue weighted by Gasteiger charge is -2.15. The fraction of sp³-hybridized carbons (Fsp3) is 0.205. The van der Waals surface area contributed by atoms with Crippen molar-refractivity contribution in [2.75, 3.05) is 20.8 Å². The highest BCUT2D eigenvalue weighted by molar-refractivity contribution is 6.06. The van der Waals surface area contributed by atoms with Crippen molar-refractivity contribution in [1.29, 1.82) is 0 Å². The van der Waals surface area contributed by atoms with Crippen LogP contribution in [0.15, 0.2) is 103 Å². The molecule has 5 aromatic rings. The molecule has 0 unspecified atom stereocenters. The van der Waals surface area contributed by atoms with Crippen molar-refractivity contribution in [2.45, 2.75) is 32.4 Å². The number of nitrogens with one attached hydrogen (secondary N) is 1. The number of rotatable bonds is 12. The largest absolute Gasteiger partial charge is 0.497 e. The molecule has 1 aliphatic rings. The van der Waals surface area contributed by atoms with Crippen LogP contribution >= 0.6 is 0 Å². The van der Waals surface area contributed by atoms with Crippen LogP contribution in [0.4, 0.5) is 0 Å². The Hall–Kier alpha value is -5.47. The zero-order valence-corrected chi connectivity index (χ0v) is 26.4. The van der Waals surface area contributed by atoms with Gasteiger partial charge < -0.3 is 24.5 Å². The van der Waals surface area contributed by atoms with E-state index in [1.54, 1.807) is 43.5 Å². The second-order valence-corrected chi connectivity index (χ2v) is 11.6. The van der Waals surface area contributed by atoms with Gasteiger partial charge in [0.2, 0.25) is 0 Å². The number of ketones is 1. The number of benzene rings is 4. The zero-order valence-electron chi connectivity index (χ0n) is 26.4. The van der Waals surface area contributed by atoms with Crippen molar-refractivity contribution in [1.82, 2.24) is 9.88 Å². The van der Waals surface area contributed by atoms with Crippen molar-refractivity contribution < 1.29 is 29.0 Å². The van der Waals surface area contributed by atoms with E-state index in [0.717, 1.165) is 50.8 Å². The van der Waals surface area contributed by atoms with Crippen molar-refractivity contribution in [3.63, 3.8) is 0 Å². The van der Waals surface area contributed by atoms with E-state index < -0.39 is 5.97 Å². The molecule has 238 valence electrons. The second-order valence-electron chi connectivity index (χ2n) is 11.6. The molecule has 0 amide bonds. The third kappa shape index (κ3) is 6.59. The number of methoxy groups -OCH3 is 2. The number of carbonyl (C=O) groups excluding carboxylic acids is 2. The quantitative estimate of drug-likeness (QED) is 0.112. The predicted molar refractivity (Wildman–Crippen MR) is 182 cm³/mol. The molecule has 0 aliphatic heterocycles. The van der Waals surface area contributed by atoms with Gasteiger partial charge in [0.15, 0.2) is 5.78 Å². The van der Waals surface area contributed by atoms with Gasteiger partial charge in [0, 0.05) is 40.9 Å². The fourth-order valence-corrected chi connectivity index (χ4v) is 6.39. The minimum absolute atomic E-state index is 0.0724. The lowest BCUT2D eigenvalue weighted by atomic mass is 9.97. The lowest BCUT2D eigenvalue weighted by molar-refractivity contribution is -0.136. The van der Waals surface area contributed by atoms with E-state index in [-0.39, 0.29) is 23.9 Å². The van der Waals surface area contributed by atoms with Gasteiger partial charge in [0.05, 0.1) is 31.8 Å². The summed E-state index contributed by atoms with van der Waals surface area (Å²) in [7, 11) is 2.97. The summed E-state index contributed by atoms with van der Waals surface area (Å²) in [6, 6.07) is 30.6. The highest BCUT2D eigenvalue weighted by Gasteiger charge is 2.29. The summed E-state index contributed by atoms with van der Waals surface area (Å²) in [5.41, 5.74) is 8.02. The highest BCUT2D eigenvalue weighted by atomic mass is 16.5. The van der Waals surface area contributed by atoms with Gasteiger partial charge in [0.1, 0.15) is 5.75 Å². The van der Waals surface area contributed by atoms with E-state index >= 15 is 0 Å². The molecule has 8 nitrogen and oxygen atoms in total. The monoisotopic (exact) mass is 628 g/mol. The topological polar surface area (TPSA) is 107 Å². The molecule has 0 atom stereocenters. The number of fused-ring (bicyclic) bond motifs is 1.